The van der Waals surface area contributed by atoms with Crippen molar-refractivity contribution in [3.63, 3.8) is 0 Å². The Kier molecular flexibility index (Phi) is 6.51. The van der Waals surface area contributed by atoms with Crippen LogP contribution in [0.3, 0.4) is 0 Å². The third-order valence-electron chi connectivity index (χ3n) is 2.18. The third kappa shape index (κ3) is 4.88. The van der Waals surface area contributed by atoms with Crippen LogP contribution in [-0.2, 0) is 19.1 Å². The maximum atomic E-state index is 11.8. The Morgan fingerprint density at radius 1 is 1.40 bits per heavy atom. The summed E-state index contributed by atoms with van der Waals surface area (Å²) in [5, 5.41) is 2.78. The number of esters is 2. The molecule has 1 amide bonds. The summed E-state index contributed by atoms with van der Waals surface area (Å²) >= 11 is 1.30. The monoisotopic (exact) mass is 298 g/mol. The minimum atomic E-state index is -0.643. The standard InChI is InChI=1S/C12H14N2O5S/c1-18-10(16)6-14-9(15)7-19-12(17)8-4-3-5-13-11(8)20-2/h3-5H,6-7H2,1-2H3,(H,14,15). The van der Waals surface area contributed by atoms with Crippen LogP contribution in [0.25, 0.3) is 0 Å². The van der Waals surface area contributed by atoms with E-state index >= 15 is 0 Å². The van der Waals surface area contributed by atoms with Gasteiger partial charge < -0.3 is 14.8 Å². The molecule has 0 aliphatic heterocycles. The number of pyridine rings is 1. The lowest BCUT2D eigenvalue weighted by Crippen LogP contribution is -2.33. The first-order chi connectivity index (χ1) is 9.58. The van der Waals surface area contributed by atoms with Crippen molar-refractivity contribution < 1.29 is 23.9 Å². The lowest BCUT2D eigenvalue weighted by Gasteiger charge is -2.07. The number of methoxy groups -OCH3 is 1. The van der Waals surface area contributed by atoms with Gasteiger partial charge in [0.15, 0.2) is 6.61 Å². The van der Waals surface area contributed by atoms with Crippen molar-refractivity contribution >= 4 is 29.6 Å². The van der Waals surface area contributed by atoms with Crippen molar-refractivity contribution in [1.29, 1.82) is 0 Å². The fourth-order valence-corrected chi connectivity index (χ4v) is 1.75. The highest BCUT2D eigenvalue weighted by Crippen LogP contribution is 2.17. The highest BCUT2D eigenvalue weighted by atomic mass is 32.2. The molecule has 108 valence electrons. The second-order valence-electron chi connectivity index (χ2n) is 3.49. The van der Waals surface area contributed by atoms with Gasteiger partial charge in [0, 0.05) is 6.20 Å². The molecular formula is C12H14N2O5S. The van der Waals surface area contributed by atoms with Crippen LogP contribution in [0.5, 0.6) is 0 Å². The molecule has 0 atom stereocenters. The van der Waals surface area contributed by atoms with Gasteiger partial charge >= 0.3 is 11.9 Å². The van der Waals surface area contributed by atoms with E-state index < -0.39 is 24.5 Å². The fraction of sp³-hybridized carbons (Fsp3) is 0.333. The number of hydrogen-bond donors (Lipinski definition) is 1. The predicted molar refractivity (Wildman–Crippen MR) is 71.3 cm³/mol. The lowest BCUT2D eigenvalue weighted by molar-refractivity contribution is -0.141. The molecule has 0 fully saturated rings. The summed E-state index contributed by atoms with van der Waals surface area (Å²) in [5.74, 6) is -1.81. The summed E-state index contributed by atoms with van der Waals surface area (Å²) in [6.07, 6.45) is 3.34. The van der Waals surface area contributed by atoms with Crippen molar-refractivity contribution in [1.82, 2.24) is 10.3 Å². The van der Waals surface area contributed by atoms with Gasteiger partial charge in [-0.1, -0.05) is 0 Å². The Labute approximate surface area is 120 Å². The lowest BCUT2D eigenvalue weighted by atomic mass is 10.3. The second kappa shape index (κ2) is 8.16. The van der Waals surface area contributed by atoms with Crippen molar-refractivity contribution in [2.45, 2.75) is 5.03 Å². The Hall–Kier alpha value is -2.09. The van der Waals surface area contributed by atoms with Gasteiger partial charge in [-0.2, -0.15) is 0 Å². The zero-order chi connectivity index (χ0) is 15.0. The number of aromatic nitrogens is 1. The Morgan fingerprint density at radius 2 is 2.15 bits per heavy atom. The Balaban J connectivity index is 2.47. The van der Waals surface area contributed by atoms with Gasteiger partial charge in [0.25, 0.3) is 5.91 Å². The SMILES string of the molecule is COC(=O)CNC(=O)COC(=O)c1cccnc1SC. The van der Waals surface area contributed by atoms with Gasteiger partial charge in [-0.3, -0.25) is 9.59 Å². The second-order valence-corrected chi connectivity index (χ2v) is 4.28. The zero-order valence-corrected chi connectivity index (χ0v) is 11.9. The summed E-state index contributed by atoms with van der Waals surface area (Å²) < 4.78 is 9.20. The summed E-state index contributed by atoms with van der Waals surface area (Å²) in [7, 11) is 1.21. The average Bonchev–Trinajstić information content (AvgIpc) is 2.49. The van der Waals surface area contributed by atoms with Gasteiger partial charge in [-0.05, 0) is 18.4 Å². The first kappa shape index (κ1) is 16.0. The number of thioether (sulfide) groups is 1. The fourth-order valence-electron chi connectivity index (χ4n) is 1.21. The minimum absolute atomic E-state index is 0.268. The first-order valence-electron chi connectivity index (χ1n) is 5.58. The maximum Gasteiger partial charge on any atom is 0.341 e. The van der Waals surface area contributed by atoms with Crippen LogP contribution in [0, 0.1) is 0 Å². The molecule has 1 rings (SSSR count). The highest BCUT2D eigenvalue weighted by molar-refractivity contribution is 7.98. The zero-order valence-electron chi connectivity index (χ0n) is 11.0. The van der Waals surface area contributed by atoms with Crippen LogP contribution < -0.4 is 5.32 Å². The molecule has 0 saturated heterocycles. The maximum absolute atomic E-state index is 11.8. The van der Waals surface area contributed by atoms with E-state index in [0.29, 0.717) is 10.6 Å². The molecule has 7 nitrogen and oxygen atoms in total. The predicted octanol–water partition coefficient (Wildman–Crippen LogP) is 0.249. The number of hydrogen-bond acceptors (Lipinski definition) is 7. The molecule has 0 aromatic carbocycles. The van der Waals surface area contributed by atoms with Gasteiger partial charge in [-0.25, -0.2) is 9.78 Å². The minimum Gasteiger partial charge on any atom is -0.468 e. The van der Waals surface area contributed by atoms with Crippen LogP contribution in [0.4, 0.5) is 0 Å². The van der Waals surface area contributed by atoms with Crippen molar-refractivity contribution in [3.05, 3.63) is 23.9 Å². The van der Waals surface area contributed by atoms with Crippen LogP contribution in [-0.4, -0.2) is 49.3 Å². The molecule has 0 aliphatic carbocycles. The molecule has 1 N–H and O–H groups in total. The number of nitrogens with zero attached hydrogens (tertiary/aromatic N) is 1. The van der Waals surface area contributed by atoms with Crippen LogP contribution in [0.1, 0.15) is 10.4 Å². The molecule has 0 aliphatic rings. The highest BCUT2D eigenvalue weighted by Gasteiger charge is 2.15. The number of carbonyl (C=O) groups is 3. The normalized spacial score (nSPS) is 9.70. The average molecular weight is 298 g/mol. The number of nitrogens with one attached hydrogen (secondary N) is 1. The van der Waals surface area contributed by atoms with Crippen molar-refractivity contribution in [3.8, 4) is 0 Å². The van der Waals surface area contributed by atoms with E-state index in [1.807, 2.05) is 0 Å². The number of rotatable bonds is 6. The van der Waals surface area contributed by atoms with E-state index in [1.165, 1.54) is 18.9 Å². The van der Waals surface area contributed by atoms with E-state index in [-0.39, 0.29) is 6.54 Å². The van der Waals surface area contributed by atoms with Crippen LogP contribution in [0.15, 0.2) is 23.4 Å². The first-order valence-corrected chi connectivity index (χ1v) is 6.80. The van der Waals surface area contributed by atoms with Gasteiger partial charge in [0.05, 0.1) is 12.7 Å². The van der Waals surface area contributed by atoms with Crippen molar-refractivity contribution in [2.75, 3.05) is 26.5 Å². The molecule has 0 unspecified atom stereocenters. The van der Waals surface area contributed by atoms with E-state index in [2.05, 4.69) is 15.0 Å². The molecular weight excluding hydrogens is 284 g/mol. The molecule has 20 heavy (non-hydrogen) atoms. The van der Waals surface area contributed by atoms with Crippen LogP contribution >= 0.6 is 11.8 Å². The van der Waals surface area contributed by atoms with Crippen molar-refractivity contribution in [2.24, 2.45) is 0 Å². The summed E-state index contributed by atoms with van der Waals surface area (Å²) in [4.78, 5) is 37.9. The quantitative estimate of drug-likeness (QED) is 0.594. The van der Waals surface area contributed by atoms with Gasteiger partial charge in [0.1, 0.15) is 11.6 Å². The molecule has 1 aromatic rings. The third-order valence-corrected chi connectivity index (χ3v) is 2.89. The molecule has 0 radical (unpaired) electrons. The topological polar surface area (TPSA) is 94.6 Å². The van der Waals surface area contributed by atoms with E-state index in [1.54, 1.807) is 24.6 Å². The van der Waals surface area contributed by atoms with Crippen LogP contribution in [0.2, 0.25) is 0 Å². The smallest absolute Gasteiger partial charge is 0.341 e. The molecule has 0 saturated carbocycles. The summed E-state index contributed by atoms with van der Waals surface area (Å²) in [6, 6.07) is 3.17. The Morgan fingerprint density at radius 3 is 2.80 bits per heavy atom. The van der Waals surface area contributed by atoms with Gasteiger partial charge in [-0.15, -0.1) is 11.8 Å². The molecule has 1 heterocycles. The molecule has 1 aromatic heterocycles. The summed E-state index contributed by atoms with van der Waals surface area (Å²) in [6.45, 7) is -0.742. The molecule has 0 spiro atoms. The Bertz CT molecular complexity index is 506. The summed E-state index contributed by atoms with van der Waals surface area (Å²) in [5.41, 5.74) is 0.292. The van der Waals surface area contributed by atoms with Gasteiger partial charge in [0.2, 0.25) is 0 Å². The number of carbonyl (C=O) groups excluding carboxylic acids is 3. The number of amides is 1. The van der Waals surface area contributed by atoms with E-state index in [4.69, 9.17) is 4.74 Å². The molecule has 0 bridgehead atoms. The van der Waals surface area contributed by atoms with E-state index in [0.717, 1.165) is 0 Å². The molecule has 8 heteroatoms. The van der Waals surface area contributed by atoms with E-state index in [9.17, 15) is 14.4 Å². The largest absolute Gasteiger partial charge is 0.468 e. The number of ether oxygens (including phenoxy) is 2.